The number of hydrogen-bond donors (Lipinski definition) is 1. The molecule has 1 aliphatic carbocycles. The summed E-state index contributed by atoms with van der Waals surface area (Å²) in [4.78, 5) is 29.5. The largest absolute Gasteiger partial charge is 0.491 e. The van der Waals surface area contributed by atoms with Crippen LogP contribution in [0.25, 0.3) is 11.0 Å². The second-order valence-electron chi connectivity index (χ2n) is 8.58. The van der Waals surface area contributed by atoms with Crippen molar-refractivity contribution in [2.45, 2.75) is 58.0 Å². The molecule has 1 fully saturated rings. The third-order valence-electron chi connectivity index (χ3n) is 5.55. The van der Waals surface area contributed by atoms with E-state index in [2.05, 4.69) is 4.98 Å². The zero-order chi connectivity index (χ0) is 20.5. The van der Waals surface area contributed by atoms with Gasteiger partial charge in [0.1, 0.15) is 11.3 Å². The van der Waals surface area contributed by atoms with Crippen molar-refractivity contribution in [3.63, 3.8) is 0 Å². The van der Waals surface area contributed by atoms with Gasteiger partial charge in [0.15, 0.2) is 0 Å². The SMILES string of the molecule is Cn1c(=O)ccc2nccc(OCC3CCC(N(C(=O)O)C(C)(C)C)CC3)c21. The van der Waals surface area contributed by atoms with E-state index in [-0.39, 0.29) is 11.6 Å². The molecule has 0 bridgehead atoms. The van der Waals surface area contributed by atoms with Crippen LogP contribution >= 0.6 is 0 Å². The van der Waals surface area contributed by atoms with Crippen molar-refractivity contribution in [3.05, 3.63) is 34.7 Å². The van der Waals surface area contributed by atoms with Gasteiger partial charge in [0, 0.05) is 37.0 Å². The molecule has 0 unspecified atom stereocenters. The van der Waals surface area contributed by atoms with E-state index in [4.69, 9.17) is 4.74 Å². The summed E-state index contributed by atoms with van der Waals surface area (Å²) in [6, 6.07) is 5.06. The molecule has 7 heteroatoms. The van der Waals surface area contributed by atoms with E-state index < -0.39 is 11.6 Å². The molecule has 0 aromatic carbocycles. The third kappa shape index (κ3) is 4.13. The van der Waals surface area contributed by atoms with Crippen LogP contribution in [0.1, 0.15) is 46.5 Å². The number of carboxylic acid groups (broad SMARTS) is 1. The van der Waals surface area contributed by atoms with Crippen LogP contribution in [0.15, 0.2) is 29.2 Å². The first-order chi connectivity index (χ1) is 13.2. The van der Waals surface area contributed by atoms with Crippen LogP contribution in [-0.2, 0) is 7.05 Å². The number of hydrogen-bond acceptors (Lipinski definition) is 4. The molecule has 0 radical (unpaired) electrons. The molecule has 28 heavy (non-hydrogen) atoms. The maximum Gasteiger partial charge on any atom is 0.407 e. The number of aryl methyl sites for hydroxylation is 1. The highest BCUT2D eigenvalue weighted by Crippen LogP contribution is 2.32. The van der Waals surface area contributed by atoms with Crippen molar-refractivity contribution in [1.29, 1.82) is 0 Å². The van der Waals surface area contributed by atoms with Crippen LogP contribution in [0.3, 0.4) is 0 Å². The van der Waals surface area contributed by atoms with Crippen LogP contribution in [0, 0.1) is 5.92 Å². The van der Waals surface area contributed by atoms with Gasteiger partial charge in [-0.15, -0.1) is 0 Å². The Bertz CT molecular complexity index is 908. The first kappa shape index (κ1) is 20.2. The fraction of sp³-hybridized carbons (Fsp3) is 0.571. The van der Waals surface area contributed by atoms with Gasteiger partial charge in [0.25, 0.3) is 5.56 Å². The molecule has 0 saturated heterocycles. The van der Waals surface area contributed by atoms with Gasteiger partial charge in [0.05, 0.1) is 12.1 Å². The van der Waals surface area contributed by atoms with Gasteiger partial charge in [-0.3, -0.25) is 9.78 Å². The quantitative estimate of drug-likeness (QED) is 0.866. The van der Waals surface area contributed by atoms with Crippen LogP contribution < -0.4 is 10.3 Å². The summed E-state index contributed by atoms with van der Waals surface area (Å²) >= 11 is 0. The summed E-state index contributed by atoms with van der Waals surface area (Å²) in [5.41, 5.74) is 0.932. The molecule has 0 aliphatic heterocycles. The van der Waals surface area contributed by atoms with Crippen LogP contribution in [0.4, 0.5) is 4.79 Å². The molecule has 152 valence electrons. The standard InChI is InChI=1S/C21H29N3O4/c1-21(2,3)24(20(26)27)15-7-5-14(6-8-15)13-28-17-11-12-22-16-9-10-18(25)23(4)19(16)17/h9-12,14-15H,5-8,13H2,1-4H3,(H,26,27). The minimum Gasteiger partial charge on any atom is -0.491 e. The van der Waals surface area contributed by atoms with Gasteiger partial charge in [-0.25, -0.2) is 4.79 Å². The van der Waals surface area contributed by atoms with Gasteiger partial charge in [0.2, 0.25) is 0 Å². The summed E-state index contributed by atoms with van der Waals surface area (Å²) in [5.74, 6) is 1.03. The lowest BCUT2D eigenvalue weighted by atomic mass is 9.84. The molecular formula is C21H29N3O4. The Morgan fingerprint density at radius 3 is 2.54 bits per heavy atom. The Labute approximate surface area is 164 Å². The Kier molecular flexibility index (Phi) is 5.63. The van der Waals surface area contributed by atoms with Crippen LogP contribution in [-0.4, -0.2) is 43.8 Å². The number of carbonyl (C=O) groups is 1. The highest BCUT2D eigenvalue weighted by atomic mass is 16.5. The molecule has 0 spiro atoms. The average molecular weight is 387 g/mol. The molecule has 3 rings (SSSR count). The maximum absolute atomic E-state index is 12.0. The molecule has 1 N–H and O–H groups in total. The van der Waals surface area contributed by atoms with Gasteiger partial charge >= 0.3 is 6.09 Å². The smallest absolute Gasteiger partial charge is 0.407 e. The molecule has 0 atom stereocenters. The Balaban J connectivity index is 1.65. The van der Waals surface area contributed by atoms with Gasteiger partial charge in [-0.1, -0.05) is 0 Å². The predicted molar refractivity (Wildman–Crippen MR) is 108 cm³/mol. The number of fused-ring (bicyclic) bond motifs is 1. The Hall–Kier alpha value is -2.57. The number of ether oxygens (including phenoxy) is 1. The number of rotatable bonds is 4. The highest BCUT2D eigenvalue weighted by Gasteiger charge is 2.35. The summed E-state index contributed by atoms with van der Waals surface area (Å²) in [6.07, 6.45) is 4.36. The molecule has 2 aromatic heterocycles. The van der Waals surface area contributed by atoms with Gasteiger partial charge < -0.3 is 19.3 Å². The van der Waals surface area contributed by atoms with E-state index in [0.29, 0.717) is 23.8 Å². The molecule has 1 saturated carbocycles. The summed E-state index contributed by atoms with van der Waals surface area (Å²) in [5, 5.41) is 9.60. The summed E-state index contributed by atoms with van der Waals surface area (Å²) in [6.45, 7) is 6.37. The van der Waals surface area contributed by atoms with E-state index in [1.165, 1.54) is 6.07 Å². The van der Waals surface area contributed by atoms with Gasteiger partial charge in [-0.2, -0.15) is 0 Å². The topological polar surface area (TPSA) is 84.7 Å². The van der Waals surface area contributed by atoms with E-state index >= 15 is 0 Å². The fourth-order valence-electron chi connectivity index (χ4n) is 4.17. The normalized spacial score (nSPS) is 20.1. The van der Waals surface area contributed by atoms with Crippen molar-refractivity contribution in [1.82, 2.24) is 14.5 Å². The lowest BCUT2D eigenvalue weighted by Crippen LogP contribution is -2.52. The molecule has 2 heterocycles. The molecule has 1 aliphatic rings. The van der Waals surface area contributed by atoms with E-state index in [1.54, 1.807) is 34.8 Å². The highest BCUT2D eigenvalue weighted by molar-refractivity contribution is 5.80. The second-order valence-corrected chi connectivity index (χ2v) is 8.58. The molecule has 1 amide bonds. The van der Waals surface area contributed by atoms with Gasteiger partial charge in [-0.05, 0) is 58.4 Å². The number of nitrogens with zero attached hydrogens (tertiary/aromatic N) is 3. The number of pyridine rings is 2. The summed E-state index contributed by atoms with van der Waals surface area (Å²) in [7, 11) is 1.72. The number of aromatic nitrogens is 2. The zero-order valence-corrected chi connectivity index (χ0v) is 17.0. The lowest BCUT2D eigenvalue weighted by Gasteiger charge is -2.42. The first-order valence-electron chi connectivity index (χ1n) is 9.78. The zero-order valence-electron chi connectivity index (χ0n) is 17.0. The van der Waals surface area contributed by atoms with Crippen LogP contribution in [0.5, 0.6) is 5.75 Å². The van der Waals surface area contributed by atoms with E-state index in [9.17, 15) is 14.7 Å². The van der Waals surface area contributed by atoms with Crippen molar-refractivity contribution in [3.8, 4) is 5.75 Å². The predicted octanol–water partition coefficient (Wildman–Crippen LogP) is 3.65. The van der Waals surface area contributed by atoms with Crippen LogP contribution in [0.2, 0.25) is 0 Å². The lowest BCUT2D eigenvalue weighted by molar-refractivity contribution is 0.0462. The number of amides is 1. The van der Waals surface area contributed by atoms with E-state index in [1.807, 2.05) is 20.8 Å². The second kappa shape index (κ2) is 7.81. The van der Waals surface area contributed by atoms with E-state index in [0.717, 1.165) is 31.2 Å². The fourth-order valence-corrected chi connectivity index (χ4v) is 4.17. The Morgan fingerprint density at radius 2 is 1.93 bits per heavy atom. The minimum absolute atomic E-state index is 0.0522. The van der Waals surface area contributed by atoms with Crippen molar-refractivity contribution in [2.24, 2.45) is 13.0 Å². The molecule has 2 aromatic rings. The van der Waals surface area contributed by atoms with Crippen molar-refractivity contribution >= 4 is 17.1 Å². The van der Waals surface area contributed by atoms with Crippen molar-refractivity contribution in [2.75, 3.05) is 6.61 Å². The molecular weight excluding hydrogens is 358 g/mol. The first-order valence-corrected chi connectivity index (χ1v) is 9.78. The molecule has 7 nitrogen and oxygen atoms in total. The van der Waals surface area contributed by atoms with Crippen molar-refractivity contribution < 1.29 is 14.6 Å². The maximum atomic E-state index is 12.0. The Morgan fingerprint density at radius 1 is 1.25 bits per heavy atom. The average Bonchev–Trinajstić information content (AvgIpc) is 2.62. The minimum atomic E-state index is -0.851. The third-order valence-corrected chi connectivity index (χ3v) is 5.55. The summed E-state index contributed by atoms with van der Waals surface area (Å²) < 4.78 is 7.63. The monoisotopic (exact) mass is 387 g/mol.